The maximum Gasteiger partial charge on any atom is 0.254 e. The van der Waals surface area contributed by atoms with E-state index in [-0.39, 0.29) is 30.6 Å². The SMILES string of the molecule is Cn1c(CCCNC(=O)CCC2NC(=O)c3ccccc3NC2=O)nc2ccccc21. The minimum atomic E-state index is -0.745. The van der Waals surface area contributed by atoms with Gasteiger partial charge in [-0.3, -0.25) is 14.4 Å². The molecule has 4 rings (SSSR count). The molecule has 2 heterocycles. The second kappa shape index (κ2) is 8.99. The second-order valence-electron chi connectivity index (χ2n) is 7.63. The van der Waals surface area contributed by atoms with Gasteiger partial charge in [-0.25, -0.2) is 4.98 Å². The number of benzene rings is 2. The molecule has 1 aromatic heterocycles. The zero-order valence-corrected chi connectivity index (χ0v) is 17.4. The van der Waals surface area contributed by atoms with E-state index in [2.05, 4.69) is 25.5 Å². The van der Waals surface area contributed by atoms with Gasteiger partial charge in [0.15, 0.2) is 0 Å². The first-order valence-corrected chi connectivity index (χ1v) is 10.4. The summed E-state index contributed by atoms with van der Waals surface area (Å²) in [6, 6.07) is 14.1. The molecule has 0 radical (unpaired) electrons. The average Bonchev–Trinajstić information content (AvgIpc) is 3.03. The zero-order chi connectivity index (χ0) is 21.8. The molecule has 0 spiro atoms. The van der Waals surface area contributed by atoms with Crippen LogP contribution in [0.3, 0.4) is 0 Å². The molecule has 0 aliphatic carbocycles. The molecule has 8 heteroatoms. The fourth-order valence-electron chi connectivity index (χ4n) is 3.77. The van der Waals surface area contributed by atoms with Crippen molar-refractivity contribution in [3.05, 3.63) is 59.9 Å². The van der Waals surface area contributed by atoms with Crippen molar-refractivity contribution >= 4 is 34.4 Å². The Balaban J connectivity index is 1.23. The van der Waals surface area contributed by atoms with E-state index < -0.39 is 6.04 Å². The van der Waals surface area contributed by atoms with Crippen molar-refractivity contribution in [3.8, 4) is 0 Å². The van der Waals surface area contributed by atoms with Gasteiger partial charge in [0.1, 0.15) is 11.9 Å². The van der Waals surface area contributed by atoms with E-state index in [1.807, 2.05) is 31.3 Å². The molecule has 31 heavy (non-hydrogen) atoms. The Labute approximate surface area is 180 Å². The highest BCUT2D eigenvalue weighted by Crippen LogP contribution is 2.19. The molecule has 160 valence electrons. The van der Waals surface area contributed by atoms with Crippen molar-refractivity contribution < 1.29 is 14.4 Å². The minimum Gasteiger partial charge on any atom is -0.356 e. The third kappa shape index (κ3) is 4.58. The van der Waals surface area contributed by atoms with Gasteiger partial charge >= 0.3 is 0 Å². The summed E-state index contributed by atoms with van der Waals surface area (Å²) >= 11 is 0. The van der Waals surface area contributed by atoms with Gasteiger partial charge in [-0.2, -0.15) is 0 Å². The molecule has 0 saturated heterocycles. The van der Waals surface area contributed by atoms with Gasteiger partial charge in [-0.1, -0.05) is 24.3 Å². The van der Waals surface area contributed by atoms with Crippen LogP contribution < -0.4 is 16.0 Å². The second-order valence-corrected chi connectivity index (χ2v) is 7.63. The molecule has 1 aliphatic heterocycles. The summed E-state index contributed by atoms with van der Waals surface area (Å²) in [5.41, 5.74) is 2.96. The molecule has 8 nitrogen and oxygen atoms in total. The Morgan fingerprint density at radius 1 is 1.13 bits per heavy atom. The fourth-order valence-corrected chi connectivity index (χ4v) is 3.77. The molecular weight excluding hydrogens is 394 g/mol. The number of nitrogens with one attached hydrogen (secondary N) is 3. The maximum absolute atomic E-state index is 12.4. The van der Waals surface area contributed by atoms with E-state index in [0.29, 0.717) is 17.8 Å². The van der Waals surface area contributed by atoms with Crippen molar-refractivity contribution in [2.75, 3.05) is 11.9 Å². The summed E-state index contributed by atoms with van der Waals surface area (Å²) in [7, 11) is 1.99. The Kier molecular flexibility index (Phi) is 5.97. The van der Waals surface area contributed by atoms with Gasteiger partial charge in [-0.15, -0.1) is 0 Å². The van der Waals surface area contributed by atoms with E-state index in [1.54, 1.807) is 24.3 Å². The number of amides is 3. The van der Waals surface area contributed by atoms with Crippen LogP contribution >= 0.6 is 0 Å². The lowest BCUT2D eigenvalue weighted by Gasteiger charge is -2.14. The number of carbonyl (C=O) groups is 3. The predicted octanol–water partition coefficient (Wildman–Crippen LogP) is 2.15. The van der Waals surface area contributed by atoms with Crippen LogP contribution in [-0.4, -0.2) is 39.9 Å². The average molecular weight is 419 g/mol. The Bertz CT molecular complexity index is 1140. The zero-order valence-electron chi connectivity index (χ0n) is 17.4. The number of anilines is 1. The number of para-hydroxylation sites is 3. The van der Waals surface area contributed by atoms with Gasteiger partial charge in [0, 0.05) is 26.4 Å². The number of imidazole rings is 1. The van der Waals surface area contributed by atoms with Crippen molar-refractivity contribution in [2.45, 2.75) is 31.7 Å². The Hall–Kier alpha value is -3.68. The summed E-state index contributed by atoms with van der Waals surface area (Å²) in [5.74, 6) is 0.205. The summed E-state index contributed by atoms with van der Waals surface area (Å²) in [4.78, 5) is 41.6. The van der Waals surface area contributed by atoms with Crippen LogP contribution in [0.4, 0.5) is 5.69 Å². The predicted molar refractivity (Wildman–Crippen MR) is 118 cm³/mol. The number of carbonyl (C=O) groups excluding carboxylic acids is 3. The molecular formula is C23H25N5O3. The van der Waals surface area contributed by atoms with Gasteiger partial charge in [0.05, 0.1) is 22.3 Å². The molecule has 1 atom stereocenters. The largest absolute Gasteiger partial charge is 0.356 e. The lowest BCUT2D eigenvalue weighted by atomic mass is 10.1. The van der Waals surface area contributed by atoms with E-state index in [9.17, 15) is 14.4 Å². The lowest BCUT2D eigenvalue weighted by Crippen LogP contribution is -2.42. The summed E-state index contributed by atoms with van der Waals surface area (Å²) in [5, 5.41) is 8.34. The number of aryl methyl sites for hydroxylation is 2. The molecule has 3 N–H and O–H groups in total. The van der Waals surface area contributed by atoms with Crippen molar-refractivity contribution in [1.29, 1.82) is 0 Å². The smallest absolute Gasteiger partial charge is 0.254 e. The monoisotopic (exact) mass is 419 g/mol. The van der Waals surface area contributed by atoms with Crippen LogP contribution in [-0.2, 0) is 23.1 Å². The Morgan fingerprint density at radius 3 is 2.74 bits per heavy atom. The van der Waals surface area contributed by atoms with Gasteiger partial charge < -0.3 is 20.5 Å². The number of rotatable bonds is 7. The highest BCUT2D eigenvalue weighted by molar-refractivity contribution is 6.09. The summed E-state index contributed by atoms with van der Waals surface area (Å²) in [6.07, 6.45) is 1.91. The number of aromatic nitrogens is 2. The fraction of sp³-hybridized carbons (Fsp3) is 0.304. The number of nitrogens with zero attached hydrogens (tertiary/aromatic N) is 2. The Morgan fingerprint density at radius 2 is 1.90 bits per heavy atom. The van der Waals surface area contributed by atoms with Gasteiger partial charge in [-0.05, 0) is 37.1 Å². The minimum absolute atomic E-state index is 0.145. The highest BCUT2D eigenvalue weighted by Gasteiger charge is 2.27. The third-order valence-electron chi connectivity index (χ3n) is 5.49. The van der Waals surface area contributed by atoms with Gasteiger partial charge in [0.25, 0.3) is 5.91 Å². The van der Waals surface area contributed by atoms with Gasteiger partial charge in [0.2, 0.25) is 11.8 Å². The van der Waals surface area contributed by atoms with Crippen LogP contribution in [0.1, 0.15) is 35.4 Å². The quantitative estimate of drug-likeness (QED) is 0.510. The first-order valence-electron chi connectivity index (χ1n) is 10.4. The molecule has 1 unspecified atom stereocenters. The van der Waals surface area contributed by atoms with Crippen molar-refractivity contribution in [1.82, 2.24) is 20.2 Å². The van der Waals surface area contributed by atoms with Crippen molar-refractivity contribution in [3.63, 3.8) is 0 Å². The van der Waals surface area contributed by atoms with Crippen LogP contribution in [0.25, 0.3) is 11.0 Å². The molecule has 0 bridgehead atoms. The molecule has 1 aliphatic rings. The first-order chi connectivity index (χ1) is 15.0. The summed E-state index contributed by atoms with van der Waals surface area (Å²) in [6.45, 7) is 0.525. The van der Waals surface area contributed by atoms with Crippen LogP contribution in [0.2, 0.25) is 0 Å². The molecule has 3 amide bonds. The summed E-state index contributed by atoms with van der Waals surface area (Å²) < 4.78 is 2.07. The lowest BCUT2D eigenvalue weighted by molar-refractivity contribution is -0.121. The van der Waals surface area contributed by atoms with Crippen LogP contribution in [0, 0.1) is 0 Å². The number of fused-ring (bicyclic) bond motifs is 2. The molecule has 0 fully saturated rings. The number of hydrogen-bond acceptors (Lipinski definition) is 4. The molecule has 2 aromatic carbocycles. The normalized spacial score (nSPS) is 15.7. The van der Waals surface area contributed by atoms with Crippen molar-refractivity contribution in [2.24, 2.45) is 7.05 Å². The van der Waals surface area contributed by atoms with Crippen LogP contribution in [0.5, 0.6) is 0 Å². The number of hydrogen-bond donors (Lipinski definition) is 3. The molecule has 3 aromatic rings. The molecule has 0 saturated carbocycles. The highest BCUT2D eigenvalue weighted by atomic mass is 16.2. The topological polar surface area (TPSA) is 105 Å². The van der Waals surface area contributed by atoms with E-state index >= 15 is 0 Å². The van der Waals surface area contributed by atoms with Crippen LogP contribution in [0.15, 0.2) is 48.5 Å². The standard InChI is InChI=1S/C23H25N5O3/c1-28-19-10-5-4-9-17(19)25-20(28)11-6-14-24-21(29)13-12-18-23(31)26-16-8-3-2-7-15(16)22(30)27-18/h2-5,7-10,18H,6,11-14H2,1H3,(H,24,29)(H,26,31)(H,27,30). The third-order valence-corrected chi connectivity index (χ3v) is 5.49. The van der Waals surface area contributed by atoms with E-state index in [0.717, 1.165) is 29.7 Å². The first kappa shape index (κ1) is 20.6. The van der Waals surface area contributed by atoms with E-state index in [4.69, 9.17) is 0 Å². The maximum atomic E-state index is 12.4. The van der Waals surface area contributed by atoms with E-state index in [1.165, 1.54) is 0 Å².